The predicted molar refractivity (Wildman–Crippen MR) is 59.6 cm³/mol. The molecule has 0 unspecified atom stereocenters. The van der Waals surface area contributed by atoms with E-state index >= 15 is 0 Å². The highest BCUT2D eigenvalue weighted by Gasteiger charge is 2.30. The Balaban J connectivity index is 2.55. The summed E-state index contributed by atoms with van der Waals surface area (Å²) in [5.41, 5.74) is -0.828. The predicted octanol–water partition coefficient (Wildman–Crippen LogP) is 4.56. The smallest absolute Gasteiger partial charge is 0.226 e. The highest BCUT2D eigenvalue weighted by molar-refractivity contribution is 6.30. The molecular formula is C12H6ClF4N. The van der Waals surface area contributed by atoms with Crippen LogP contribution in [0, 0.1) is 5.95 Å². The third-order valence-corrected chi connectivity index (χ3v) is 2.51. The molecule has 0 aliphatic heterocycles. The monoisotopic (exact) mass is 275 g/mol. The first kappa shape index (κ1) is 12.8. The molecule has 2 aromatic rings. The normalized spacial score (nSPS) is 11.6. The van der Waals surface area contributed by atoms with Gasteiger partial charge < -0.3 is 0 Å². The van der Waals surface area contributed by atoms with Crippen molar-refractivity contribution in [3.05, 3.63) is 53.1 Å². The Morgan fingerprint density at radius 3 is 2.50 bits per heavy atom. The first-order valence-electron chi connectivity index (χ1n) is 4.86. The Morgan fingerprint density at radius 2 is 1.83 bits per heavy atom. The molecule has 0 spiro atoms. The van der Waals surface area contributed by atoms with Crippen molar-refractivity contribution in [3.63, 3.8) is 0 Å². The molecule has 0 aliphatic carbocycles. The molecule has 0 atom stereocenters. The number of benzene rings is 1. The van der Waals surface area contributed by atoms with Gasteiger partial charge in [-0.05, 0) is 23.8 Å². The van der Waals surface area contributed by atoms with Crippen LogP contribution >= 0.6 is 11.6 Å². The molecule has 0 fully saturated rings. The van der Waals surface area contributed by atoms with Crippen molar-refractivity contribution in [2.24, 2.45) is 0 Å². The van der Waals surface area contributed by atoms with Crippen molar-refractivity contribution >= 4 is 11.6 Å². The summed E-state index contributed by atoms with van der Waals surface area (Å²) >= 11 is 5.65. The average Bonchev–Trinajstić information content (AvgIpc) is 2.31. The van der Waals surface area contributed by atoms with Crippen molar-refractivity contribution in [2.45, 2.75) is 6.18 Å². The zero-order chi connectivity index (χ0) is 13.3. The standard InChI is InChI=1S/C12H6ClF4N/c13-9-5-10(11(14)18-6-9)7-2-1-3-8(4-7)12(15,16)17/h1-6H. The second-order valence-electron chi connectivity index (χ2n) is 3.57. The van der Waals surface area contributed by atoms with E-state index in [1.54, 1.807) is 0 Å². The average molecular weight is 276 g/mol. The van der Waals surface area contributed by atoms with Crippen LogP contribution in [0.15, 0.2) is 36.5 Å². The van der Waals surface area contributed by atoms with E-state index in [1.165, 1.54) is 18.2 Å². The fraction of sp³-hybridized carbons (Fsp3) is 0.0833. The number of nitrogens with zero attached hydrogens (tertiary/aromatic N) is 1. The number of hydrogen-bond donors (Lipinski definition) is 0. The molecule has 1 aromatic heterocycles. The molecule has 0 aliphatic rings. The first-order chi connectivity index (χ1) is 8.38. The number of halogens is 5. The highest BCUT2D eigenvalue weighted by Crippen LogP contribution is 2.33. The summed E-state index contributed by atoms with van der Waals surface area (Å²) in [4.78, 5) is 3.37. The van der Waals surface area contributed by atoms with Crippen molar-refractivity contribution in [3.8, 4) is 11.1 Å². The van der Waals surface area contributed by atoms with E-state index in [-0.39, 0.29) is 16.1 Å². The Bertz CT molecular complexity index is 581. The molecule has 2 rings (SSSR count). The second kappa shape index (κ2) is 4.57. The van der Waals surface area contributed by atoms with Crippen LogP contribution in [0.5, 0.6) is 0 Å². The van der Waals surface area contributed by atoms with Gasteiger partial charge in [0.05, 0.1) is 10.6 Å². The molecule has 0 saturated heterocycles. The molecule has 6 heteroatoms. The van der Waals surface area contributed by atoms with Crippen molar-refractivity contribution in [1.82, 2.24) is 4.98 Å². The number of hydrogen-bond acceptors (Lipinski definition) is 1. The van der Waals surface area contributed by atoms with Gasteiger partial charge in [-0.1, -0.05) is 23.7 Å². The molecule has 0 amide bonds. The van der Waals surface area contributed by atoms with Crippen molar-refractivity contribution < 1.29 is 17.6 Å². The molecule has 0 saturated carbocycles. The van der Waals surface area contributed by atoms with Crippen LogP contribution < -0.4 is 0 Å². The SMILES string of the molecule is Fc1ncc(Cl)cc1-c1cccc(C(F)(F)F)c1. The molecule has 0 N–H and O–H groups in total. The molecule has 18 heavy (non-hydrogen) atoms. The molecule has 1 aromatic carbocycles. The fourth-order valence-corrected chi connectivity index (χ4v) is 1.65. The Kier molecular flexibility index (Phi) is 3.26. The van der Waals surface area contributed by atoms with E-state index < -0.39 is 17.7 Å². The second-order valence-corrected chi connectivity index (χ2v) is 4.01. The number of pyridine rings is 1. The molecule has 0 bridgehead atoms. The number of alkyl halides is 3. The van der Waals surface area contributed by atoms with Crippen molar-refractivity contribution in [2.75, 3.05) is 0 Å². The summed E-state index contributed by atoms with van der Waals surface area (Å²) in [5.74, 6) is -0.862. The minimum Gasteiger partial charge on any atom is -0.226 e. The fourth-order valence-electron chi connectivity index (χ4n) is 1.49. The van der Waals surface area contributed by atoms with Gasteiger partial charge in [0.15, 0.2) is 0 Å². The quantitative estimate of drug-likeness (QED) is 0.549. The molecule has 0 radical (unpaired) electrons. The van der Waals surface area contributed by atoms with Gasteiger partial charge in [0, 0.05) is 11.8 Å². The third-order valence-electron chi connectivity index (χ3n) is 2.31. The van der Waals surface area contributed by atoms with Gasteiger partial charge in [-0.3, -0.25) is 0 Å². The van der Waals surface area contributed by atoms with Gasteiger partial charge in [0.2, 0.25) is 5.95 Å². The van der Waals surface area contributed by atoms with E-state index in [4.69, 9.17) is 11.6 Å². The molecule has 1 heterocycles. The van der Waals surface area contributed by atoms with Crippen LogP contribution in [0.4, 0.5) is 17.6 Å². The maximum Gasteiger partial charge on any atom is 0.416 e. The van der Waals surface area contributed by atoms with Crippen LogP contribution in [0.25, 0.3) is 11.1 Å². The van der Waals surface area contributed by atoms with Gasteiger partial charge in [0.25, 0.3) is 0 Å². The summed E-state index contributed by atoms with van der Waals surface area (Å²) in [6.07, 6.45) is -3.38. The van der Waals surface area contributed by atoms with Gasteiger partial charge in [-0.2, -0.15) is 17.6 Å². The third kappa shape index (κ3) is 2.61. The van der Waals surface area contributed by atoms with Crippen LogP contribution in [0.3, 0.4) is 0 Å². The Morgan fingerprint density at radius 1 is 1.11 bits per heavy atom. The van der Waals surface area contributed by atoms with E-state index in [0.717, 1.165) is 18.3 Å². The summed E-state index contributed by atoms with van der Waals surface area (Å²) < 4.78 is 51.0. The zero-order valence-electron chi connectivity index (χ0n) is 8.80. The minimum absolute atomic E-state index is 0.0615. The van der Waals surface area contributed by atoms with E-state index in [1.807, 2.05) is 0 Å². The summed E-state index contributed by atoms with van der Waals surface area (Å²) in [5, 5.41) is 0.156. The maximum atomic E-state index is 13.4. The lowest BCUT2D eigenvalue weighted by Gasteiger charge is -2.09. The van der Waals surface area contributed by atoms with E-state index in [9.17, 15) is 17.6 Å². The summed E-state index contributed by atoms with van der Waals surface area (Å²) in [6, 6.07) is 5.58. The van der Waals surface area contributed by atoms with Crippen LogP contribution in [0.2, 0.25) is 5.02 Å². The van der Waals surface area contributed by atoms with Crippen molar-refractivity contribution in [1.29, 1.82) is 0 Å². The minimum atomic E-state index is -4.47. The largest absolute Gasteiger partial charge is 0.416 e. The topological polar surface area (TPSA) is 12.9 Å². The Labute approximate surface area is 105 Å². The summed E-state index contributed by atoms with van der Waals surface area (Å²) in [6.45, 7) is 0. The molecule has 94 valence electrons. The van der Waals surface area contributed by atoms with Gasteiger partial charge >= 0.3 is 6.18 Å². The lowest BCUT2D eigenvalue weighted by molar-refractivity contribution is -0.137. The van der Waals surface area contributed by atoms with Crippen LogP contribution in [-0.2, 0) is 6.18 Å². The molecule has 1 nitrogen and oxygen atoms in total. The highest BCUT2D eigenvalue weighted by atomic mass is 35.5. The van der Waals surface area contributed by atoms with Gasteiger partial charge in [0.1, 0.15) is 0 Å². The van der Waals surface area contributed by atoms with Gasteiger partial charge in [-0.25, -0.2) is 4.98 Å². The number of aromatic nitrogens is 1. The van der Waals surface area contributed by atoms with Crippen LogP contribution in [0.1, 0.15) is 5.56 Å². The Hall–Kier alpha value is -1.62. The molecular weight excluding hydrogens is 270 g/mol. The van der Waals surface area contributed by atoms with Gasteiger partial charge in [-0.15, -0.1) is 0 Å². The lowest BCUT2D eigenvalue weighted by atomic mass is 10.0. The lowest BCUT2D eigenvalue weighted by Crippen LogP contribution is -2.04. The number of rotatable bonds is 1. The summed E-state index contributed by atoms with van der Waals surface area (Å²) in [7, 11) is 0. The maximum absolute atomic E-state index is 13.4. The van der Waals surface area contributed by atoms with E-state index in [2.05, 4.69) is 4.98 Å². The first-order valence-corrected chi connectivity index (χ1v) is 5.24. The van der Waals surface area contributed by atoms with E-state index in [0.29, 0.717) is 0 Å². The van der Waals surface area contributed by atoms with Crippen LogP contribution in [-0.4, -0.2) is 4.98 Å². The zero-order valence-corrected chi connectivity index (χ0v) is 9.56.